The van der Waals surface area contributed by atoms with Crippen molar-refractivity contribution in [3.05, 3.63) is 12.2 Å². The molecule has 5 nitrogen and oxygen atoms in total. The van der Waals surface area contributed by atoms with Crippen molar-refractivity contribution in [3.63, 3.8) is 0 Å². The molecule has 1 N–H and O–H groups in total. The second-order valence-electron chi connectivity index (χ2n) is 2.89. The molecule has 14 heavy (non-hydrogen) atoms. The summed E-state index contributed by atoms with van der Waals surface area (Å²) in [4.78, 5) is 22.0. The van der Waals surface area contributed by atoms with Crippen LogP contribution < -0.4 is 0 Å². The molecule has 0 saturated heterocycles. The standard InChI is InChI=1S/C9H11NO4/c1-4-9(3,13)8(12)14-7(11)6(2)5-10/h13H,2,4H2,1,3H3. The monoisotopic (exact) mass is 197 g/mol. The lowest BCUT2D eigenvalue weighted by Crippen LogP contribution is -2.37. The van der Waals surface area contributed by atoms with E-state index in [4.69, 9.17) is 5.26 Å². The van der Waals surface area contributed by atoms with Crippen LogP contribution in [0.5, 0.6) is 0 Å². The van der Waals surface area contributed by atoms with Crippen LogP contribution in [-0.2, 0) is 14.3 Å². The summed E-state index contributed by atoms with van der Waals surface area (Å²) in [6.45, 7) is 5.84. The highest BCUT2D eigenvalue weighted by Gasteiger charge is 2.32. The topological polar surface area (TPSA) is 87.4 Å². The van der Waals surface area contributed by atoms with Gasteiger partial charge in [0.15, 0.2) is 5.60 Å². The number of nitriles is 1. The Morgan fingerprint density at radius 3 is 2.50 bits per heavy atom. The Bertz CT molecular complexity index is 311. The van der Waals surface area contributed by atoms with Gasteiger partial charge in [0, 0.05) is 0 Å². The largest absolute Gasteiger partial charge is 0.387 e. The molecule has 5 heteroatoms. The fourth-order valence-electron chi connectivity index (χ4n) is 0.446. The van der Waals surface area contributed by atoms with Crippen LogP contribution in [0.4, 0.5) is 0 Å². The third-order valence-corrected chi connectivity index (χ3v) is 1.69. The van der Waals surface area contributed by atoms with Gasteiger partial charge in [-0.15, -0.1) is 0 Å². The number of aliphatic hydroxyl groups is 1. The minimum absolute atomic E-state index is 0.109. The molecule has 0 aliphatic heterocycles. The molecule has 76 valence electrons. The van der Waals surface area contributed by atoms with Gasteiger partial charge in [0.2, 0.25) is 0 Å². The van der Waals surface area contributed by atoms with E-state index in [1.807, 2.05) is 0 Å². The van der Waals surface area contributed by atoms with Crippen molar-refractivity contribution in [1.29, 1.82) is 5.26 Å². The quantitative estimate of drug-likeness (QED) is 0.304. The molecule has 0 aliphatic carbocycles. The van der Waals surface area contributed by atoms with Crippen LogP contribution in [0.15, 0.2) is 12.2 Å². The van der Waals surface area contributed by atoms with Gasteiger partial charge in [0.05, 0.1) is 0 Å². The lowest BCUT2D eigenvalue weighted by atomic mass is 10.0. The van der Waals surface area contributed by atoms with Gasteiger partial charge in [0.1, 0.15) is 11.6 Å². The van der Waals surface area contributed by atoms with Gasteiger partial charge in [-0.3, -0.25) is 0 Å². The van der Waals surface area contributed by atoms with Crippen LogP contribution in [0.1, 0.15) is 20.3 Å². The van der Waals surface area contributed by atoms with E-state index in [2.05, 4.69) is 11.3 Å². The Balaban J connectivity index is 4.44. The molecular formula is C9H11NO4. The highest BCUT2D eigenvalue weighted by molar-refractivity contribution is 6.00. The SMILES string of the molecule is C=C(C#N)C(=O)OC(=O)C(C)(O)CC. The predicted molar refractivity (Wildman–Crippen MR) is 46.8 cm³/mol. The number of esters is 2. The molecule has 0 rings (SSSR count). The second kappa shape index (κ2) is 4.53. The van der Waals surface area contributed by atoms with Crippen molar-refractivity contribution in [2.75, 3.05) is 0 Å². The summed E-state index contributed by atoms with van der Waals surface area (Å²) in [5.74, 6) is -2.22. The van der Waals surface area contributed by atoms with E-state index in [0.717, 1.165) is 0 Å². The summed E-state index contributed by atoms with van der Waals surface area (Å²) < 4.78 is 4.21. The van der Waals surface area contributed by atoms with Crippen molar-refractivity contribution in [1.82, 2.24) is 0 Å². The Hall–Kier alpha value is -1.67. The zero-order valence-corrected chi connectivity index (χ0v) is 8.03. The lowest BCUT2D eigenvalue weighted by molar-refractivity contribution is -0.170. The first-order valence-electron chi connectivity index (χ1n) is 3.93. The summed E-state index contributed by atoms with van der Waals surface area (Å²) in [5.41, 5.74) is -2.20. The Morgan fingerprint density at radius 2 is 2.14 bits per heavy atom. The Morgan fingerprint density at radius 1 is 1.64 bits per heavy atom. The van der Waals surface area contributed by atoms with Gasteiger partial charge in [-0.05, 0) is 13.3 Å². The van der Waals surface area contributed by atoms with Crippen LogP contribution in [0, 0.1) is 11.3 Å². The van der Waals surface area contributed by atoms with Crippen LogP contribution in [0.25, 0.3) is 0 Å². The first-order chi connectivity index (χ1) is 6.35. The number of carbonyl (C=O) groups excluding carboxylic acids is 2. The fourth-order valence-corrected chi connectivity index (χ4v) is 0.446. The number of rotatable bonds is 3. The number of carbonyl (C=O) groups is 2. The number of hydrogen-bond donors (Lipinski definition) is 1. The van der Waals surface area contributed by atoms with Gasteiger partial charge >= 0.3 is 11.9 Å². The zero-order valence-electron chi connectivity index (χ0n) is 8.03. The van der Waals surface area contributed by atoms with Crippen LogP contribution >= 0.6 is 0 Å². The Labute approximate surface area is 81.6 Å². The molecule has 0 aromatic rings. The van der Waals surface area contributed by atoms with Crippen LogP contribution in [-0.4, -0.2) is 22.6 Å². The molecule has 1 unspecified atom stereocenters. The summed E-state index contributed by atoms with van der Waals surface area (Å²) >= 11 is 0. The smallest absolute Gasteiger partial charge is 0.355 e. The third-order valence-electron chi connectivity index (χ3n) is 1.69. The van der Waals surface area contributed by atoms with Crippen LogP contribution in [0.2, 0.25) is 0 Å². The van der Waals surface area contributed by atoms with Crippen molar-refractivity contribution < 1.29 is 19.4 Å². The summed E-state index contributed by atoms with van der Waals surface area (Å²) in [6, 6.07) is 1.44. The molecule has 0 aliphatic rings. The number of nitrogens with zero attached hydrogens (tertiary/aromatic N) is 1. The van der Waals surface area contributed by atoms with Crippen molar-refractivity contribution >= 4 is 11.9 Å². The number of ether oxygens (including phenoxy) is 1. The highest BCUT2D eigenvalue weighted by atomic mass is 16.6. The molecule has 0 saturated carbocycles. The maximum Gasteiger partial charge on any atom is 0.355 e. The molecule has 1 atom stereocenters. The molecule has 0 bridgehead atoms. The minimum Gasteiger partial charge on any atom is -0.387 e. The van der Waals surface area contributed by atoms with E-state index in [-0.39, 0.29) is 6.42 Å². The molecule has 0 fully saturated rings. The summed E-state index contributed by atoms with van der Waals surface area (Å²) in [6.07, 6.45) is 0.109. The molecule has 0 aromatic carbocycles. The molecule has 0 aromatic heterocycles. The van der Waals surface area contributed by atoms with Gasteiger partial charge in [-0.1, -0.05) is 13.5 Å². The average molecular weight is 197 g/mol. The minimum atomic E-state index is -1.72. The van der Waals surface area contributed by atoms with E-state index in [9.17, 15) is 14.7 Å². The lowest BCUT2D eigenvalue weighted by Gasteiger charge is -2.17. The van der Waals surface area contributed by atoms with Crippen molar-refractivity contribution in [2.45, 2.75) is 25.9 Å². The third kappa shape index (κ3) is 2.99. The van der Waals surface area contributed by atoms with E-state index < -0.39 is 23.1 Å². The van der Waals surface area contributed by atoms with E-state index in [0.29, 0.717) is 0 Å². The fraction of sp³-hybridized carbons (Fsp3) is 0.444. The summed E-state index contributed by atoms with van der Waals surface area (Å²) in [5, 5.41) is 17.6. The maximum atomic E-state index is 11.1. The zero-order chi connectivity index (χ0) is 11.4. The molecule has 0 radical (unpaired) electrons. The first-order valence-corrected chi connectivity index (χ1v) is 3.93. The number of hydrogen-bond acceptors (Lipinski definition) is 5. The highest BCUT2D eigenvalue weighted by Crippen LogP contribution is 2.11. The van der Waals surface area contributed by atoms with Gasteiger partial charge < -0.3 is 9.84 Å². The van der Waals surface area contributed by atoms with Gasteiger partial charge in [0.25, 0.3) is 0 Å². The normalized spacial score (nSPS) is 13.6. The van der Waals surface area contributed by atoms with Crippen molar-refractivity contribution in [3.8, 4) is 6.07 Å². The Kier molecular flexibility index (Phi) is 3.99. The molecular weight excluding hydrogens is 186 g/mol. The van der Waals surface area contributed by atoms with E-state index in [1.54, 1.807) is 6.92 Å². The van der Waals surface area contributed by atoms with Crippen LogP contribution in [0.3, 0.4) is 0 Å². The van der Waals surface area contributed by atoms with E-state index in [1.165, 1.54) is 13.0 Å². The average Bonchev–Trinajstić information content (AvgIpc) is 2.16. The molecule has 0 heterocycles. The molecule has 0 amide bonds. The maximum absolute atomic E-state index is 11.1. The predicted octanol–water partition coefficient (Wildman–Crippen LogP) is 0.297. The van der Waals surface area contributed by atoms with Gasteiger partial charge in [-0.2, -0.15) is 5.26 Å². The van der Waals surface area contributed by atoms with E-state index >= 15 is 0 Å². The second-order valence-corrected chi connectivity index (χ2v) is 2.89. The molecule has 0 spiro atoms. The van der Waals surface area contributed by atoms with Crippen molar-refractivity contribution in [2.24, 2.45) is 0 Å². The van der Waals surface area contributed by atoms with Gasteiger partial charge in [-0.25, -0.2) is 9.59 Å². The summed E-state index contributed by atoms with van der Waals surface area (Å²) in [7, 11) is 0. The first kappa shape index (κ1) is 12.3.